The number of carbonyl (C=O) groups excluding carboxylic acids is 1. The molecule has 124 valence electrons. The number of hydrogen-bond acceptors (Lipinski definition) is 3. The van der Waals surface area contributed by atoms with E-state index in [4.69, 9.17) is 4.74 Å². The van der Waals surface area contributed by atoms with Crippen molar-refractivity contribution >= 4 is 18.3 Å². The number of rotatable bonds is 10. The average molecular weight is 327 g/mol. The van der Waals surface area contributed by atoms with Gasteiger partial charge in [0.1, 0.15) is 5.75 Å². The maximum atomic E-state index is 11.7. The Morgan fingerprint density at radius 3 is 2.91 bits per heavy atom. The average Bonchev–Trinajstić information content (AvgIpc) is 3.30. The fourth-order valence-corrected chi connectivity index (χ4v) is 2.05. The summed E-state index contributed by atoms with van der Waals surface area (Å²) >= 11 is 0. The molecule has 0 atom stereocenters. The summed E-state index contributed by atoms with van der Waals surface area (Å²) in [4.78, 5) is 11.7. The Hall–Kier alpha value is -1.26. The number of ether oxygens (including phenoxy) is 1. The molecular weight excluding hydrogens is 300 g/mol. The van der Waals surface area contributed by atoms with Gasteiger partial charge in [-0.1, -0.05) is 25.5 Å². The van der Waals surface area contributed by atoms with Crippen molar-refractivity contribution in [3.8, 4) is 5.75 Å². The highest BCUT2D eigenvalue weighted by Crippen LogP contribution is 2.27. The number of nitrogens with one attached hydrogen (secondary N) is 2. The van der Waals surface area contributed by atoms with Crippen LogP contribution in [-0.4, -0.2) is 25.6 Å². The second-order valence-corrected chi connectivity index (χ2v) is 5.70. The number of carbonyl (C=O) groups is 1. The summed E-state index contributed by atoms with van der Waals surface area (Å²) in [6.07, 6.45) is 4.80. The highest BCUT2D eigenvalue weighted by atomic mass is 35.5. The normalized spacial score (nSPS) is 13.3. The first kappa shape index (κ1) is 18.8. The molecule has 2 rings (SSSR count). The highest BCUT2D eigenvalue weighted by Gasteiger charge is 2.20. The molecule has 1 amide bonds. The van der Waals surface area contributed by atoms with E-state index in [1.165, 1.54) is 12.8 Å². The van der Waals surface area contributed by atoms with E-state index >= 15 is 0 Å². The van der Waals surface area contributed by atoms with Crippen LogP contribution in [0, 0.1) is 5.92 Å². The topological polar surface area (TPSA) is 50.4 Å². The fourth-order valence-electron chi connectivity index (χ4n) is 2.05. The van der Waals surface area contributed by atoms with Crippen molar-refractivity contribution in [2.24, 2.45) is 5.92 Å². The maximum absolute atomic E-state index is 11.7. The Kier molecular flexibility index (Phi) is 8.94. The van der Waals surface area contributed by atoms with Gasteiger partial charge in [0, 0.05) is 6.54 Å². The van der Waals surface area contributed by atoms with Crippen molar-refractivity contribution in [1.29, 1.82) is 0 Å². The van der Waals surface area contributed by atoms with Gasteiger partial charge < -0.3 is 15.4 Å². The number of hydrogen-bond donors (Lipinski definition) is 2. The Bertz CT molecular complexity index is 450. The number of halogens is 1. The minimum atomic E-state index is 0. The van der Waals surface area contributed by atoms with Crippen LogP contribution in [0.3, 0.4) is 0 Å². The molecule has 0 saturated heterocycles. The molecule has 1 saturated carbocycles. The van der Waals surface area contributed by atoms with E-state index in [1.807, 2.05) is 24.3 Å². The Morgan fingerprint density at radius 2 is 2.18 bits per heavy atom. The molecule has 0 spiro atoms. The molecule has 0 aromatic heterocycles. The molecule has 4 nitrogen and oxygen atoms in total. The first-order valence-corrected chi connectivity index (χ1v) is 7.97. The van der Waals surface area contributed by atoms with Gasteiger partial charge in [-0.05, 0) is 49.4 Å². The van der Waals surface area contributed by atoms with Crippen LogP contribution in [-0.2, 0) is 11.3 Å². The van der Waals surface area contributed by atoms with Gasteiger partial charge in [-0.15, -0.1) is 12.4 Å². The van der Waals surface area contributed by atoms with Crippen LogP contribution in [0.4, 0.5) is 0 Å². The molecule has 0 radical (unpaired) electrons. The monoisotopic (exact) mass is 326 g/mol. The summed E-state index contributed by atoms with van der Waals surface area (Å²) < 4.78 is 5.67. The molecule has 1 aromatic carbocycles. The second-order valence-electron chi connectivity index (χ2n) is 5.70. The summed E-state index contributed by atoms with van der Waals surface area (Å²) in [6, 6.07) is 7.92. The van der Waals surface area contributed by atoms with Gasteiger partial charge in [0.25, 0.3) is 0 Å². The lowest BCUT2D eigenvalue weighted by Crippen LogP contribution is -2.34. The molecule has 5 heteroatoms. The fraction of sp³-hybridized carbons (Fsp3) is 0.588. The molecule has 0 bridgehead atoms. The number of amides is 1. The zero-order valence-electron chi connectivity index (χ0n) is 13.3. The third-order valence-electron chi connectivity index (χ3n) is 3.57. The summed E-state index contributed by atoms with van der Waals surface area (Å²) in [5, 5.41) is 6.12. The number of unbranched alkanes of at least 4 members (excludes halogenated alkanes) is 1. The number of benzene rings is 1. The van der Waals surface area contributed by atoms with E-state index < -0.39 is 0 Å². The summed E-state index contributed by atoms with van der Waals surface area (Å²) in [5.74, 6) is 1.73. The smallest absolute Gasteiger partial charge is 0.234 e. The van der Waals surface area contributed by atoms with Crippen molar-refractivity contribution in [3.05, 3.63) is 29.8 Å². The van der Waals surface area contributed by atoms with Gasteiger partial charge in [0.15, 0.2) is 0 Å². The standard InChI is InChI=1S/C17H26N2O2.ClH/c1-2-3-9-21-16-6-4-5-15(10-16)12-19-17(20)13-18-11-14-7-8-14;/h4-6,10,14,18H,2-3,7-9,11-13H2,1H3,(H,19,20);1H. The first-order valence-electron chi connectivity index (χ1n) is 7.97. The lowest BCUT2D eigenvalue weighted by Gasteiger charge is -2.09. The molecule has 0 heterocycles. The minimum Gasteiger partial charge on any atom is -0.494 e. The van der Waals surface area contributed by atoms with E-state index in [9.17, 15) is 4.79 Å². The summed E-state index contributed by atoms with van der Waals surface area (Å²) in [7, 11) is 0. The molecule has 22 heavy (non-hydrogen) atoms. The minimum absolute atomic E-state index is 0. The summed E-state index contributed by atoms with van der Waals surface area (Å²) in [6.45, 7) is 4.82. The van der Waals surface area contributed by atoms with Crippen LogP contribution in [0.15, 0.2) is 24.3 Å². The third kappa shape index (κ3) is 7.66. The first-order chi connectivity index (χ1) is 10.3. The van der Waals surface area contributed by atoms with Crippen molar-refractivity contribution in [3.63, 3.8) is 0 Å². The van der Waals surface area contributed by atoms with Crippen LogP contribution >= 0.6 is 12.4 Å². The third-order valence-corrected chi connectivity index (χ3v) is 3.57. The van der Waals surface area contributed by atoms with E-state index in [0.29, 0.717) is 13.1 Å². The second kappa shape index (κ2) is 10.5. The van der Waals surface area contributed by atoms with E-state index in [1.54, 1.807) is 0 Å². The van der Waals surface area contributed by atoms with E-state index in [2.05, 4.69) is 17.6 Å². The summed E-state index contributed by atoms with van der Waals surface area (Å²) in [5.41, 5.74) is 1.07. The molecule has 2 N–H and O–H groups in total. The van der Waals surface area contributed by atoms with Gasteiger partial charge in [0.05, 0.1) is 13.2 Å². The van der Waals surface area contributed by atoms with Crippen molar-refractivity contribution in [1.82, 2.24) is 10.6 Å². The lowest BCUT2D eigenvalue weighted by atomic mass is 10.2. The van der Waals surface area contributed by atoms with E-state index in [0.717, 1.165) is 43.2 Å². The predicted octanol–water partition coefficient (Wildman–Crippen LogP) is 2.90. The molecule has 1 aliphatic carbocycles. The van der Waals surface area contributed by atoms with Crippen molar-refractivity contribution in [2.75, 3.05) is 19.7 Å². The van der Waals surface area contributed by atoms with Gasteiger partial charge in [-0.3, -0.25) is 4.79 Å². The van der Waals surface area contributed by atoms with Crippen LogP contribution in [0.1, 0.15) is 38.2 Å². The van der Waals surface area contributed by atoms with E-state index in [-0.39, 0.29) is 18.3 Å². The molecule has 0 aliphatic heterocycles. The van der Waals surface area contributed by atoms with Crippen LogP contribution in [0.5, 0.6) is 5.75 Å². The predicted molar refractivity (Wildman–Crippen MR) is 91.5 cm³/mol. The van der Waals surface area contributed by atoms with Gasteiger partial charge in [-0.25, -0.2) is 0 Å². The maximum Gasteiger partial charge on any atom is 0.234 e. The molecular formula is C17H27ClN2O2. The lowest BCUT2D eigenvalue weighted by molar-refractivity contribution is -0.120. The Labute approximate surface area is 139 Å². The highest BCUT2D eigenvalue weighted by molar-refractivity contribution is 5.85. The van der Waals surface area contributed by atoms with Crippen LogP contribution < -0.4 is 15.4 Å². The van der Waals surface area contributed by atoms with Gasteiger partial charge in [0.2, 0.25) is 5.91 Å². The van der Waals surface area contributed by atoms with Gasteiger partial charge >= 0.3 is 0 Å². The zero-order valence-corrected chi connectivity index (χ0v) is 14.1. The van der Waals surface area contributed by atoms with Crippen LogP contribution in [0.2, 0.25) is 0 Å². The van der Waals surface area contributed by atoms with Crippen molar-refractivity contribution in [2.45, 2.75) is 39.2 Å². The SMILES string of the molecule is CCCCOc1cccc(CNC(=O)CNCC2CC2)c1.Cl. The zero-order chi connectivity index (χ0) is 14.9. The van der Waals surface area contributed by atoms with Crippen molar-refractivity contribution < 1.29 is 9.53 Å². The Morgan fingerprint density at radius 1 is 1.36 bits per heavy atom. The molecule has 1 fully saturated rings. The molecule has 1 aliphatic rings. The quantitative estimate of drug-likeness (QED) is 0.650. The van der Waals surface area contributed by atoms with Crippen LogP contribution in [0.25, 0.3) is 0 Å². The molecule has 0 unspecified atom stereocenters. The Balaban J connectivity index is 0.00000242. The van der Waals surface area contributed by atoms with Gasteiger partial charge in [-0.2, -0.15) is 0 Å². The molecule has 1 aromatic rings. The largest absolute Gasteiger partial charge is 0.494 e.